The van der Waals surface area contributed by atoms with E-state index in [1.54, 1.807) is 0 Å². The van der Waals surface area contributed by atoms with Gasteiger partial charge in [0.05, 0.1) is 0 Å². The molecule has 0 aromatic carbocycles. The summed E-state index contributed by atoms with van der Waals surface area (Å²) in [7, 11) is 0. The molecule has 7 heavy (non-hydrogen) atoms. The Morgan fingerprint density at radius 1 is 1.43 bits per heavy atom. The van der Waals surface area contributed by atoms with E-state index in [1.165, 1.54) is 0 Å². The molecule has 1 saturated heterocycles. The number of hydrogen-bond donors (Lipinski definition) is 3. The SMILES string of the molecule is NC1C2(O)OC12O. The molecule has 1 aliphatic heterocycles. The molecule has 2 fully saturated rings. The minimum Gasteiger partial charge on any atom is -0.360 e. The first-order chi connectivity index (χ1) is 3.11. The van der Waals surface area contributed by atoms with Gasteiger partial charge in [-0.15, -0.1) is 0 Å². The van der Waals surface area contributed by atoms with Crippen molar-refractivity contribution in [1.29, 1.82) is 0 Å². The van der Waals surface area contributed by atoms with Gasteiger partial charge in [0.2, 0.25) is 11.6 Å². The first kappa shape index (κ1) is 3.80. The summed E-state index contributed by atoms with van der Waals surface area (Å²) in [4.78, 5) is 0. The van der Waals surface area contributed by atoms with Crippen LogP contribution in [-0.2, 0) is 4.74 Å². The van der Waals surface area contributed by atoms with Crippen molar-refractivity contribution in [3.63, 3.8) is 0 Å². The van der Waals surface area contributed by atoms with Crippen LogP contribution in [0.25, 0.3) is 0 Å². The summed E-state index contributed by atoms with van der Waals surface area (Å²) >= 11 is 0. The number of rotatable bonds is 0. The molecule has 0 aromatic heterocycles. The van der Waals surface area contributed by atoms with Crippen molar-refractivity contribution >= 4 is 0 Å². The highest BCUT2D eigenvalue weighted by molar-refractivity contribution is 5.32. The molecule has 1 heterocycles. The Labute approximate surface area is 39.5 Å². The molecule has 0 aromatic rings. The van der Waals surface area contributed by atoms with Gasteiger partial charge in [-0.3, -0.25) is 0 Å². The van der Waals surface area contributed by atoms with Gasteiger partial charge in [-0.25, -0.2) is 0 Å². The second kappa shape index (κ2) is 0.545. The predicted octanol–water partition coefficient (Wildman–Crippen LogP) is -2.27. The fourth-order valence-corrected chi connectivity index (χ4v) is 0.700. The standard InChI is InChI=1S/C3H5NO3/c4-1-2(5)3(1,6)7-2/h1,5-6H,4H2. The average molecular weight is 103 g/mol. The van der Waals surface area contributed by atoms with E-state index < -0.39 is 17.6 Å². The molecule has 4 nitrogen and oxygen atoms in total. The van der Waals surface area contributed by atoms with Gasteiger partial charge in [0.15, 0.2) is 0 Å². The zero-order valence-corrected chi connectivity index (χ0v) is 3.46. The Kier molecular flexibility index (Phi) is 0.296. The van der Waals surface area contributed by atoms with E-state index in [9.17, 15) is 0 Å². The molecular weight excluding hydrogens is 98.0 g/mol. The van der Waals surface area contributed by atoms with E-state index >= 15 is 0 Å². The van der Waals surface area contributed by atoms with Crippen molar-refractivity contribution in [3.8, 4) is 0 Å². The molecule has 40 valence electrons. The topological polar surface area (TPSA) is 79.0 Å². The largest absolute Gasteiger partial charge is 0.360 e. The van der Waals surface area contributed by atoms with Crippen molar-refractivity contribution in [2.75, 3.05) is 0 Å². The van der Waals surface area contributed by atoms with Gasteiger partial charge in [-0.05, 0) is 0 Å². The zero-order chi connectivity index (χ0) is 5.28. The summed E-state index contributed by atoms with van der Waals surface area (Å²) in [6, 6.07) is -0.569. The van der Waals surface area contributed by atoms with Gasteiger partial charge in [0.1, 0.15) is 6.04 Å². The smallest absolute Gasteiger partial charge is 0.247 e. The second-order valence-corrected chi connectivity index (χ2v) is 1.97. The van der Waals surface area contributed by atoms with Crippen molar-refractivity contribution in [1.82, 2.24) is 0 Å². The van der Waals surface area contributed by atoms with E-state index in [2.05, 4.69) is 4.74 Å². The summed E-state index contributed by atoms with van der Waals surface area (Å²) in [6.45, 7) is 0. The molecule has 0 spiro atoms. The Balaban J connectivity index is 2.29. The van der Waals surface area contributed by atoms with E-state index in [0.717, 1.165) is 0 Å². The van der Waals surface area contributed by atoms with E-state index in [4.69, 9.17) is 15.9 Å². The van der Waals surface area contributed by atoms with Crippen LogP contribution < -0.4 is 5.73 Å². The highest BCUT2D eigenvalue weighted by atomic mass is 16.9. The monoisotopic (exact) mass is 103 g/mol. The lowest BCUT2D eigenvalue weighted by molar-refractivity contribution is -0.0434. The van der Waals surface area contributed by atoms with Gasteiger partial charge in [0.25, 0.3) is 0 Å². The van der Waals surface area contributed by atoms with Crippen LogP contribution in [0.1, 0.15) is 0 Å². The molecule has 0 bridgehead atoms. The van der Waals surface area contributed by atoms with Gasteiger partial charge >= 0.3 is 0 Å². The molecule has 2 aliphatic rings. The van der Waals surface area contributed by atoms with Crippen LogP contribution in [0, 0.1) is 0 Å². The number of nitrogens with two attached hydrogens (primary N) is 1. The normalized spacial score (nSPS) is 75.0. The maximum Gasteiger partial charge on any atom is 0.247 e. The lowest BCUT2D eigenvalue weighted by Crippen LogP contribution is -2.25. The molecule has 0 amide bonds. The number of aliphatic hydroxyl groups is 2. The number of ether oxygens (including phenoxy) is 1. The van der Waals surface area contributed by atoms with E-state index in [0.29, 0.717) is 0 Å². The molecule has 1 aliphatic carbocycles. The molecule has 2 rings (SSSR count). The lowest BCUT2D eigenvalue weighted by Gasteiger charge is -1.95. The fourth-order valence-electron chi connectivity index (χ4n) is 0.700. The van der Waals surface area contributed by atoms with Crippen LogP contribution in [0.5, 0.6) is 0 Å². The van der Waals surface area contributed by atoms with Crippen molar-refractivity contribution in [3.05, 3.63) is 0 Å². The second-order valence-electron chi connectivity index (χ2n) is 1.97. The summed E-state index contributed by atoms with van der Waals surface area (Å²) in [5, 5.41) is 17.3. The van der Waals surface area contributed by atoms with Crippen LogP contribution >= 0.6 is 0 Å². The molecule has 2 atom stereocenters. The van der Waals surface area contributed by atoms with Crippen LogP contribution in [0.4, 0.5) is 0 Å². The Morgan fingerprint density at radius 2 is 1.71 bits per heavy atom. The van der Waals surface area contributed by atoms with Crippen molar-refractivity contribution in [2.24, 2.45) is 5.73 Å². The van der Waals surface area contributed by atoms with E-state index in [1.807, 2.05) is 0 Å². The molecule has 1 saturated carbocycles. The van der Waals surface area contributed by atoms with Gasteiger partial charge in [-0.2, -0.15) is 0 Å². The third kappa shape index (κ3) is 0.165. The number of fused-ring (bicyclic) bond motifs is 1. The summed E-state index contributed by atoms with van der Waals surface area (Å²) < 4.78 is 4.28. The predicted molar refractivity (Wildman–Crippen MR) is 19.0 cm³/mol. The molecular formula is C3H5NO3. The first-order valence-corrected chi connectivity index (χ1v) is 2.02. The fraction of sp³-hybridized carbons (Fsp3) is 1.00. The van der Waals surface area contributed by atoms with Gasteiger partial charge < -0.3 is 20.7 Å². The molecule has 4 heteroatoms. The van der Waals surface area contributed by atoms with Gasteiger partial charge in [-0.1, -0.05) is 0 Å². The molecule has 0 radical (unpaired) electrons. The maximum absolute atomic E-state index is 8.64. The third-order valence-corrected chi connectivity index (χ3v) is 1.54. The van der Waals surface area contributed by atoms with Crippen LogP contribution in [0.3, 0.4) is 0 Å². The average Bonchev–Trinajstić information content (AvgIpc) is 2.24. The highest BCUT2D eigenvalue weighted by Crippen LogP contribution is 2.65. The number of epoxide rings is 1. The van der Waals surface area contributed by atoms with Crippen LogP contribution in [0.15, 0.2) is 0 Å². The third-order valence-electron chi connectivity index (χ3n) is 1.54. The number of hydrogen-bond acceptors (Lipinski definition) is 4. The lowest BCUT2D eigenvalue weighted by atomic mass is 10.6. The molecule has 4 N–H and O–H groups in total. The minimum absolute atomic E-state index is 0.569. The summed E-state index contributed by atoms with van der Waals surface area (Å²) in [5.41, 5.74) is 5.06. The summed E-state index contributed by atoms with van der Waals surface area (Å²) in [5.74, 6) is -2.71. The van der Waals surface area contributed by atoms with Gasteiger partial charge in [0, 0.05) is 0 Å². The van der Waals surface area contributed by atoms with E-state index in [-0.39, 0.29) is 0 Å². The Hall–Kier alpha value is -0.160. The maximum atomic E-state index is 8.64. The first-order valence-electron chi connectivity index (χ1n) is 2.02. The van der Waals surface area contributed by atoms with Crippen LogP contribution in [-0.4, -0.2) is 27.8 Å². The minimum atomic E-state index is -1.35. The highest BCUT2D eigenvalue weighted by Gasteiger charge is 2.96. The van der Waals surface area contributed by atoms with Crippen molar-refractivity contribution < 1.29 is 14.9 Å². The molecule has 2 unspecified atom stereocenters. The summed E-state index contributed by atoms with van der Waals surface area (Å²) in [6.07, 6.45) is 0. The van der Waals surface area contributed by atoms with Crippen molar-refractivity contribution in [2.45, 2.75) is 17.6 Å². The Bertz CT molecular complexity index is 124. The Morgan fingerprint density at radius 3 is 1.71 bits per heavy atom. The zero-order valence-electron chi connectivity index (χ0n) is 3.46. The van der Waals surface area contributed by atoms with Crippen LogP contribution in [0.2, 0.25) is 0 Å². The quantitative estimate of drug-likeness (QED) is 0.302.